The number of rotatable bonds is 7. The van der Waals surface area contributed by atoms with E-state index in [-0.39, 0.29) is 5.91 Å². The lowest BCUT2D eigenvalue weighted by atomic mass is 10.2. The number of hydrogen-bond acceptors (Lipinski definition) is 6. The molecule has 0 aliphatic heterocycles. The van der Waals surface area contributed by atoms with Crippen LogP contribution in [0.3, 0.4) is 0 Å². The van der Waals surface area contributed by atoms with Crippen LogP contribution in [0, 0.1) is 6.92 Å². The number of nitrogens with one attached hydrogen (secondary N) is 1. The number of carbonyl (C=O) groups is 1. The first-order valence-corrected chi connectivity index (χ1v) is 11.1. The third kappa shape index (κ3) is 5.31. The van der Waals surface area contributed by atoms with E-state index < -0.39 is 0 Å². The predicted molar refractivity (Wildman–Crippen MR) is 120 cm³/mol. The minimum absolute atomic E-state index is 0.139. The van der Waals surface area contributed by atoms with Gasteiger partial charge in [0.05, 0.1) is 11.4 Å². The van der Waals surface area contributed by atoms with E-state index in [1.165, 1.54) is 0 Å². The average molecular weight is 434 g/mol. The molecule has 150 valence electrons. The Morgan fingerprint density at radius 2 is 1.67 bits per heavy atom. The number of benzene rings is 3. The molecule has 0 unspecified atom stereocenters. The Morgan fingerprint density at radius 3 is 2.40 bits per heavy atom. The van der Waals surface area contributed by atoms with Crippen molar-refractivity contribution in [2.75, 3.05) is 5.32 Å². The van der Waals surface area contributed by atoms with Crippen molar-refractivity contribution in [3.05, 3.63) is 96.1 Å². The van der Waals surface area contributed by atoms with E-state index in [4.69, 9.17) is 4.52 Å². The molecule has 1 N–H and O–H groups in total. The molecule has 4 aromatic rings. The van der Waals surface area contributed by atoms with Gasteiger partial charge in [-0.1, -0.05) is 47.3 Å². The smallest absolute Gasteiger partial charge is 0.255 e. The number of thioether (sulfide) groups is 1. The van der Waals surface area contributed by atoms with Crippen molar-refractivity contribution in [3.8, 4) is 0 Å². The quantitative estimate of drug-likeness (QED) is 0.357. The van der Waals surface area contributed by atoms with Crippen LogP contribution in [0.25, 0.3) is 0 Å². The van der Waals surface area contributed by atoms with Crippen LogP contribution in [0.15, 0.2) is 98.1 Å². The highest BCUT2D eigenvalue weighted by molar-refractivity contribution is 7.99. The Labute approximate surface area is 183 Å². The van der Waals surface area contributed by atoms with Gasteiger partial charge in [-0.2, -0.15) is 4.98 Å². The van der Waals surface area contributed by atoms with Crippen molar-refractivity contribution in [2.24, 2.45) is 0 Å². The maximum absolute atomic E-state index is 12.8. The molecule has 0 radical (unpaired) electrons. The Kier molecular flexibility index (Phi) is 6.51. The Morgan fingerprint density at radius 1 is 0.933 bits per heavy atom. The Hall–Kier alpha value is -3.03. The van der Waals surface area contributed by atoms with Gasteiger partial charge in [0.2, 0.25) is 5.89 Å². The topological polar surface area (TPSA) is 68.0 Å². The van der Waals surface area contributed by atoms with Crippen LogP contribution >= 0.6 is 23.5 Å². The lowest BCUT2D eigenvalue weighted by Gasteiger charge is -2.11. The van der Waals surface area contributed by atoms with Crippen LogP contribution in [0.2, 0.25) is 0 Å². The largest absolute Gasteiger partial charge is 0.338 e. The molecule has 0 saturated heterocycles. The number of aryl methyl sites for hydroxylation is 1. The zero-order valence-electron chi connectivity index (χ0n) is 16.2. The van der Waals surface area contributed by atoms with Gasteiger partial charge in [0, 0.05) is 20.2 Å². The molecule has 1 amide bonds. The van der Waals surface area contributed by atoms with E-state index in [0.29, 0.717) is 23.0 Å². The summed E-state index contributed by atoms with van der Waals surface area (Å²) in [6.45, 7) is 1.79. The summed E-state index contributed by atoms with van der Waals surface area (Å²) in [5, 5.41) is 6.81. The van der Waals surface area contributed by atoms with Gasteiger partial charge in [-0.15, -0.1) is 11.8 Å². The van der Waals surface area contributed by atoms with Crippen LogP contribution in [0.4, 0.5) is 5.69 Å². The van der Waals surface area contributed by atoms with Crippen LogP contribution in [-0.2, 0) is 5.75 Å². The molecule has 1 heterocycles. The highest BCUT2D eigenvalue weighted by Crippen LogP contribution is 2.33. The minimum atomic E-state index is -0.139. The van der Waals surface area contributed by atoms with Crippen LogP contribution in [0.5, 0.6) is 0 Å². The summed E-state index contributed by atoms with van der Waals surface area (Å²) in [6.07, 6.45) is 0. The van der Waals surface area contributed by atoms with Crippen LogP contribution in [0.1, 0.15) is 22.1 Å². The van der Waals surface area contributed by atoms with Crippen LogP contribution < -0.4 is 5.32 Å². The van der Waals surface area contributed by atoms with Gasteiger partial charge < -0.3 is 9.84 Å². The Bertz CT molecular complexity index is 1130. The molecule has 3 aromatic carbocycles. The fourth-order valence-electron chi connectivity index (χ4n) is 2.72. The van der Waals surface area contributed by atoms with Crippen molar-refractivity contribution >= 4 is 35.1 Å². The molecule has 0 spiro atoms. The lowest BCUT2D eigenvalue weighted by Crippen LogP contribution is -2.12. The predicted octanol–water partition coefficient (Wildman–Crippen LogP) is 6.07. The fourth-order valence-corrected chi connectivity index (χ4v) is 4.37. The van der Waals surface area contributed by atoms with Gasteiger partial charge in [0.25, 0.3) is 5.91 Å². The second kappa shape index (κ2) is 9.65. The molecule has 0 aliphatic rings. The second-order valence-electron chi connectivity index (χ2n) is 6.41. The highest BCUT2D eigenvalue weighted by Gasteiger charge is 2.11. The van der Waals surface area contributed by atoms with Crippen molar-refractivity contribution in [2.45, 2.75) is 27.4 Å². The highest BCUT2D eigenvalue weighted by atomic mass is 32.2. The normalized spacial score (nSPS) is 10.7. The molecule has 0 saturated carbocycles. The van der Waals surface area contributed by atoms with E-state index in [1.54, 1.807) is 30.4 Å². The molecule has 5 nitrogen and oxygen atoms in total. The summed E-state index contributed by atoms with van der Waals surface area (Å²) < 4.78 is 5.12. The number of carbonyl (C=O) groups excluding carboxylic acids is 1. The summed E-state index contributed by atoms with van der Waals surface area (Å²) in [5.74, 6) is 1.67. The number of anilines is 1. The molecular formula is C23H19N3O2S2. The molecule has 4 rings (SSSR count). The van der Waals surface area contributed by atoms with E-state index in [2.05, 4.69) is 27.6 Å². The molecule has 0 atom stereocenters. The van der Waals surface area contributed by atoms with Gasteiger partial charge in [0.1, 0.15) is 0 Å². The molecule has 0 bridgehead atoms. The first-order valence-electron chi connectivity index (χ1n) is 9.33. The molecule has 0 aliphatic carbocycles. The van der Waals surface area contributed by atoms with E-state index in [1.807, 2.05) is 66.7 Å². The van der Waals surface area contributed by atoms with Crippen LogP contribution in [-0.4, -0.2) is 16.0 Å². The monoisotopic (exact) mass is 433 g/mol. The Balaban J connectivity index is 1.40. The maximum Gasteiger partial charge on any atom is 0.255 e. The summed E-state index contributed by atoms with van der Waals surface area (Å²) >= 11 is 3.21. The summed E-state index contributed by atoms with van der Waals surface area (Å²) in [5.41, 5.74) is 1.40. The van der Waals surface area contributed by atoms with Gasteiger partial charge >= 0.3 is 0 Å². The molecule has 1 aromatic heterocycles. The number of para-hydroxylation sites is 1. The minimum Gasteiger partial charge on any atom is -0.338 e. The van der Waals surface area contributed by atoms with Crippen molar-refractivity contribution in [3.63, 3.8) is 0 Å². The zero-order chi connectivity index (χ0) is 20.8. The SMILES string of the molecule is Cc1noc(CSc2ccc(C(=O)Nc3ccccc3Sc3ccccc3)cc2)n1. The third-order valence-electron chi connectivity index (χ3n) is 4.15. The average Bonchev–Trinajstić information content (AvgIpc) is 3.20. The number of aromatic nitrogens is 2. The van der Waals surface area contributed by atoms with Crippen molar-refractivity contribution in [1.82, 2.24) is 10.1 Å². The first-order chi connectivity index (χ1) is 14.7. The third-order valence-corrected chi connectivity index (χ3v) is 6.24. The van der Waals surface area contributed by atoms with E-state index in [0.717, 1.165) is 20.4 Å². The summed E-state index contributed by atoms with van der Waals surface area (Å²) in [6, 6.07) is 25.4. The van der Waals surface area contributed by atoms with Gasteiger partial charge in [-0.25, -0.2) is 0 Å². The number of amides is 1. The maximum atomic E-state index is 12.8. The zero-order valence-corrected chi connectivity index (χ0v) is 17.9. The fraction of sp³-hybridized carbons (Fsp3) is 0.0870. The number of hydrogen-bond donors (Lipinski definition) is 1. The summed E-state index contributed by atoms with van der Waals surface area (Å²) in [7, 11) is 0. The van der Waals surface area contributed by atoms with Gasteiger partial charge in [0.15, 0.2) is 5.82 Å². The molecule has 30 heavy (non-hydrogen) atoms. The molecule has 7 heteroatoms. The summed E-state index contributed by atoms with van der Waals surface area (Å²) in [4.78, 5) is 20.1. The second-order valence-corrected chi connectivity index (χ2v) is 8.58. The molecule has 0 fully saturated rings. The lowest BCUT2D eigenvalue weighted by molar-refractivity contribution is 0.102. The van der Waals surface area contributed by atoms with Gasteiger partial charge in [-0.3, -0.25) is 4.79 Å². The standard InChI is InChI=1S/C23H19N3O2S2/c1-16-24-22(28-26-16)15-29-18-13-11-17(12-14-18)23(27)25-20-9-5-6-10-21(20)30-19-7-3-2-4-8-19/h2-14H,15H2,1H3,(H,25,27). The van der Waals surface area contributed by atoms with E-state index in [9.17, 15) is 4.79 Å². The van der Waals surface area contributed by atoms with Gasteiger partial charge in [-0.05, 0) is 55.5 Å². The van der Waals surface area contributed by atoms with Crippen molar-refractivity contribution in [1.29, 1.82) is 0 Å². The van der Waals surface area contributed by atoms with Crippen molar-refractivity contribution < 1.29 is 9.32 Å². The molecular weight excluding hydrogens is 414 g/mol. The first kappa shape index (κ1) is 20.3. The van der Waals surface area contributed by atoms with E-state index >= 15 is 0 Å². The number of nitrogens with zero attached hydrogens (tertiary/aromatic N) is 2.